The van der Waals surface area contributed by atoms with Crippen LogP contribution >= 0.6 is 24.2 Å². The molecule has 1 aliphatic heterocycles. The zero-order valence-electron chi connectivity index (χ0n) is 76.5. The number of thiol groups is 1. The van der Waals surface area contributed by atoms with Gasteiger partial charge in [-0.3, -0.25) is 86.9 Å². The van der Waals surface area contributed by atoms with Gasteiger partial charge in [0.25, 0.3) is 0 Å². The average Bonchev–Trinajstić information content (AvgIpc) is 1.73. The molecule has 4 heterocycles. The standard InChI is InChI=1S/C90H128ClN23O18S/c1-10-12-30-71(83(126)103-63(29-21-33-97-90(94)95)80(123)109-70(49-133)79(122)100-46-75(93)118)112(8)89(132)73(31-13-11-2)113(9)87(130)67(39-56-44-99-62-28-20-18-26-60(56)62)107-82(125)69(48-115)108-78(121)54(37-55-43-98-61-27-19-17-25-59(55)61)38-58(116)47-110(6)85(128)65(35-51(3)4)106-81(124)64(40-57-45-96-50-101-57)104-84(127)72-32-22-34-114(72)88(131)68(41-74(92)117)105-77(120)52(5)111(7)86(129)66(102-76(119)42-91)36-53-23-15-14-16-24-53/h14-20,23-28,43-45,50-52,54,63-73,98-99,115,133H,10-13,21-22,29-42,46-49H2,1-9H3,(H2,92,117)(H2,93,118)(H,96,101)(H,100,122)(H,102,119)(H,103,126)(H,104,127)(H,105,120)(H,106,124)(H,107,125)(H,108,121)(H,109,123)(H4,94,95,97)/t52-,54+,63-,64-,65-,66-,67-,68-,69-,70-,71-,72-,73-/m0/s1. The number of aliphatic hydroxyl groups excluding tert-OH is 1. The fourth-order valence-corrected chi connectivity index (χ4v) is 16.1. The van der Waals surface area contributed by atoms with E-state index in [2.05, 4.69) is 85.7 Å². The Balaban J connectivity index is 1.09. The fourth-order valence-electron chi connectivity index (χ4n) is 15.8. The minimum Gasteiger partial charge on any atom is -0.394 e. The maximum atomic E-state index is 15.6. The number of Topliss-reactive ketones (excluding diaryl/α,β-unsaturated/α-hetero) is 1. The van der Waals surface area contributed by atoms with Gasteiger partial charge in [0.2, 0.25) is 94.5 Å². The Morgan fingerprint density at radius 3 is 1.70 bits per heavy atom. The number of unbranched alkanes of at least 4 members (excludes halogenated alkanes) is 2. The van der Waals surface area contributed by atoms with Crippen molar-refractivity contribution in [3.8, 4) is 0 Å². The van der Waals surface area contributed by atoms with Crippen LogP contribution in [0.1, 0.15) is 140 Å². The van der Waals surface area contributed by atoms with Crippen molar-refractivity contribution in [2.45, 2.75) is 216 Å². The number of H-pyrrole nitrogens is 3. The van der Waals surface area contributed by atoms with Gasteiger partial charge in [-0.25, -0.2) is 4.98 Å². The Kier molecular flexibility index (Phi) is 42.6. The van der Waals surface area contributed by atoms with E-state index in [1.807, 2.05) is 13.8 Å². The van der Waals surface area contributed by atoms with Gasteiger partial charge in [0, 0.05) is 125 Å². The number of fused-ring (bicyclic) bond motifs is 2. The number of ketones is 1. The number of carbonyl (C=O) groups is 17. The monoisotopic (exact) mass is 1890 g/mol. The molecular formula is C90H128ClN23O18S. The number of guanidine groups is 1. The molecule has 0 spiro atoms. The van der Waals surface area contributed by atoms with Gasteiger partial charge in [0.15, 0.2) is 11.7 Å². The minimum absolute atomic E-state index is 0.00791. The highest BCUT2D eigenvalue weighted by Crippen LogP contribution is 2.27. The van der Waals surface area contributed by atoms with E-state index < -0.39 is 217 Å². The maximum Gasteiger partial charge on any atom is 0.246 e. The number of rotatable bonds is 55. The number of para-hydroxylation sites is 2. The van der Waals surface area contributed by atoms with Gasteiger partial charge in [-0.05, 0) is 93.0 Å². The van der Waals surface area contributed by atoms with Gasteiger partial charge in [0.05, 0.1) is 32.4 Å². The third kappa shape index (κ3) is 31.9. The maximum absolute atomic E-state index is 15.6. The molecule has 3 aromatic heterocycles. The molecule has 6 aromatic rings. The predicted octanol–water partition coefficient (Wildman–Crippen LogP) is -0.625. The van der Waals surface area contributed by atoms with Gasteiger partial charge in [-0.1, -0.05) is 120 Å². The van der Waals surface area contributed by atoms with E-state index >= 15 is 19.2 Å². The Labute approximate surface area is 782 Å². The number of benzene rings is 3. The molecule has 21 N–H and O–H groups in total. The van der Waals surface area contributed by atoms with E-state index in [1.165, 1.54) is 57.4 Å². The van der Waals surface area contributed by atoms with Crippen LogP contribution in [0.2, 0.25) is 0 Å². The summed E-state index contributed by atoms with van der Waals surface area (Å²) >= 11 is 10.0. The highest BCUT2D eigenvalue weighted by atomic mass is 35.5. The number of likely N-dealkylation sites (tertiary alicyclic amines) is 1. The number of alkyl halides is 1. The van der Waals surface area contributed by atoms with E-state index in [0.717, 1.165) is 14.7 Å². The lowest BCUT2D eigenvalue weighted by Gasteiger charge is -2.36. The third-order valence-corrected chi connectivity index (χ3v) is 23.8. The van der Waals surface area contributed by atoms with Crippen molar-refractivity contribution in [3.05, 3.63) is 126 Å². The average molecular weight is 1890 g/mol. The van der Waals surface area contributed by atoms with E-state index in [9.17, 15) is 67.4 Å². The number of aromatic amines is 3. The number of nitrogens with one attached hydrogen (secondary N) is 14. The number of hydrogen-bond donors (Lipinski definition) is 19. The van der Waals surface area contributed by atoms with Crippen molar-refractivity contribution in [3.63, 3.8) is 0 Å². The number of amides is 16. The molecule has 0 bridgehead atoms. The topological polar surface area (TPSA) is 609 Å². The first-order valence-electron chi connectivity index (χ1n) is 44.4. The quantitative estimate of drug-likeness (QED) is 0.00743. The first-order valence-corrected chi connectivity index (χ1v) is 45.6. The second-order valence-electron chi connectivity index (χ2n) is 33.8. The summed E-state index contributed by atoms with van der Waals surface area (Å²) in [5, 5.41) is 46.4. The summed E-state index contributed by atoms with van der Waals surface area (Å²) in [6, 6.07) is 6.21. The van der Waals surface area contributed by atoms with Gasteiger partial charge >= 0.3 is 0 Å². The molecule has 724 valence electrons. The van der Waals surface area contributed by atoms with Crippen molar-refractivity contribution in [1.82, 2.24) is 97.6 Å². The van der Waals surface area contributed by atoms with Crippen LogP contribution in [0.3, 0.4) is 0 Å². The number of carbonyl (C=O) groups excluding carboxylic acids is 17. The molecule has 7 rings (SSSR count). The van der Waals surface area contributed by atoms with Crippen molar-refractivity contribution in [2.75, 3.05) is 72.6 Å². The molecule has 133 heavy (non-hydrogen) atoms. The number of aliphatic hydroxyl groups is 1. The third-order valence-electron chi connectivity index (χ3n) is 23.2. The lowest BCUT2D eigenvalue weighted by atomic mass is 9.92. The second kappa shape index (κ2) is 52.9. The van der Waals surface area contributed by atoms with Crippen LogP contribution in [-0.2, 0) is 107 Å². The fraction of sp³-hybridized carbons (Fsp3) is 0.522. The number of primary amides is 2. The van der Waals surface area contributed by atoms with Crippen molar-refractivity contribution in [2.24, 2.45) is 29.0 Å². The first-order chi connectivity index (χ1) is 63.3. The lowest BCUT2D eigenvalue weighted by molar-refractivity contribution is -0.149. The molecule has 1 fully saturated rings. The van der Waals surface area contributed by atoms with Gasteiger partial charge in [-0.15, -0.1) is 11.6 Å². The van der Waals surface area contributed by atoms with Crippen LogP contribution in [0.25, 0.3) is 21.8 Å². The molecule has 3 aromatic carbocycles. The molecule has 0 radical (unpaired) electrons. The van der Waals surface area contributed by atoms with E-state index in [0.29, 0.717) is 69.9 Å². The number of halogens is 1. The normalized spacial score (nSPS) is 15.1. The van der Waals surface area contributed by atoms with Crippen LogP contribution in [-0.4, -0.2) is 301 Å². The Hall–Kier alpha value is -13.0. The molecule has 13 atom stereocenters. The summed E-state index contributed by atoms with van der Waals surface area (Å²) in [7, 11) is 5.39. The number of likely N-dealkylation sites (N-methyl/N-ethyl adjacent to an activating group) is 4. The molecule has 1 saturated heterocycles. The molecule has 0 aliphatic carbocycles. The van der Waals surface area contributed by atoms with Crippen molar-refractivity contribution in [1.29, 1.82) is 5.41 Å². The zero-order valence-corrected chi connectivity index (χ0v) is 78.1. The molecule has 0 unspecified atom stereocenters. The smallest absolute Gasteiger partial charge is 0.246 e. The summed E-state index contributed by atoms with van der Waals surface area (Å²) in [6.07, 6.45) is 6.55. The zero-order chi connectivity index (χ0) is 97.9. The molecular weight excluding hydrogens is 1760 g/mol. The Morgan fingerprint density at radius 2 is 1.11 bits per heavy atom. The molecule has 43 heteroatoms. The molecule has 16 amide bonds. The highest BCUT2D eigenvalue weighted by molar-refractivity contribution is 7.80. The summed E-state index contributed by atoms with van der Waals surface area (Å²) in [6.45, 7) is 6.49. The molecule has 41 nitrogen and oxygen atoms in total. The van der Waals surface area contributed by atoms with Gasteiger partial charge in [0.1, 0.15) is 78.4 Å². The van der Waals surface area contributed by atoms with Crippen LogP contribution in [0, 0.1) is 17.2 Å². The van der Waals surface area contributed by atoms with Crippen LogP contribution in [0.15, 0.2) is 104 Å². The van der Waals surface area contributed by atoms with E-state index in [1.54, 1.807) is 105 Å². The van der Waals surface area contributed by atoms with E-state index in [4.69, 9.17) is 34.2 Å². The van der Waals surface area contributed by atoms with Crippen molar-refractivity contribution < 1.29 is 86.6 Å². The van der Waals surface area contributed by atoms with Gasteiger partial charge in [-0.2, -0.15) is 12.6 Å². The van der Waals surface area contributed by atoms with Gasteiger partial charge < -0.3 is 115 Å². The Morgan fingerprint density at radius 1 is 0.556 bits per heavy atom. The SMILES string of the molecule is CCCC[C@@H](C(=O)N(C)[C@@H](CCCC)C(=O)N[C@@H](CCCNC(=N)N)C(=O)N[C@@H](CS)C(=O)NCC(N)=O)N(C)C(=O)[C@H](Cc1c[nH]c2ccccc12)NC(=O)[C@H](CO)NC(=O)[C@@H](CC(=O)CN(C)C(=O)[C@H](CC(C)C)NC(=O)[C@H](Cc1cnc[nH]1)NC(=O)[C@@H]1CCCN1C(=O)[C@H](CC(N)=O)NC(=O)[C@H](C)N(C)C(=O)[C@H](Cc1ccccc1)NC(=O)CCl)Cc1c[nH]c2ccccc12. The van der Waals surface area contributed by atoms with Crippen LogP contribution < -0.4 is 70.4 Å². The lowest BCUT2D eigenvalue weighted by Crippen LogP contribution is -2.60. The summed E-state index contributed by atoms with van der Waals surface area (Å²) in [5.74, 6) is -16.6. The number of aromatic nitrogens is 4. The minimum atomic E-state index is -1.81. The van der Waals surface area contributed by atoms with Crippen LogP contribution in [0.4, 0.5) is 0 Å². The van der Waals surface area contributed by atoms with E-state index in [-0.39, 0.29) is 101 Å². The number of hydrogen-bond acceptors (Lipinski definition) is 21. The molecule has 1 aliphatic rings. The molecule has 0 saturated carbocycles. The Bertz CT molecular complexity index is 5040. The largest absolute Gasteiger partial charge is 0.394 e. The van der Waals surface area contributed by atoms with Crippen LogP contribution in [0.5, 0.6) is 0 Å². The number of nitrogens with two attached hydrogens (primary N) is 3. The summed E-state index contributed by atoms with van der Waals surface area (Å²) < 4.78 is 0. The summed E-state index contributed by atoms with van der Waals surface area (Å²) in [4.78, 5) is 260. The highest BCUT2D eigenvalue weighted by Gasteiger charge is 2.44. The predicted molar refractivity (Wildman–Crippen MR) is 498 cm³/mol. The second-order valence-corrected chi connectivity index (χ2v) is 34.4. The first kappa shape index (κ1) is 107. The summed E-state index contributed by atoms with van der Waals surface area (Å²) in [5.41, 5.74) is 19.9. The number of imidazole rings is 1. The number of nitrogens with zero attached hydrogens (tertiary/aromatic N) is 6. The van der Waals surface area contributed by atoms with Crippen molar-refractivity contribution >= 4 is 152 Å².